The average molecular weight is 629 g/mol. The highest BCUT2D eigenvalue weighted by Crippen LogP contribution is 2.40. The maximum absolute atomic E-state index is 6.52. The fraction of sp³-hybridized carbons (Fsp3) is 0. The standard InChI is InChI=1S/C45H28N2O2/c1-2-10-33(11-3-1)47(34-24-19-30(20-25-34)37-14-8-15-39-38-13-6-7-16-41(38)48-43(37)39)35-26-21-32(22-27-35)45-46-40-28-23-31-18-17-29-9-4-5-12-36(29)42(31)44(40)49-45/h1-28H. The number of hydrogen-bond donors (Lipinski definition) is 0. The van der Waals surface area contributed by atoms with Crippen LogP contribution in [0.5, 0.6) is 0 Å². The third-order valence-corrected chi connectivity index (χ3v) is 9.49. The molecule has 0 spiro atoms. The first-order chi connectivity index (χ1) is 24.3. The van der Waals surface area contributed by atoms with Crippen molar-refractivity contribution in [1.82, 2.24) is 4.98 Å². The number of nitrogens with zero attached hydrogens (tertiary/aromatic N) is 2. The van der Waals surface area contributed by atoms with Crippen molar-refractivity contribution in [2.75, 3.05) is 4.90 Å². The molecule has 4 nitrogen and oxygen atoms in total. The predicted molar refractivity (Wildman–Crippen MR) is 202 cm³/mol. The van der Waals surface area contributed by atoms with E-state index in [2.05, 4.69) is 150 Å². The molecule has 0 saturated heterocycles. The highest BCUT2D eigenvalue weighted by Gasteiger charge is 2.17. The van der Waals surface area contributed by atoms with Gasteiger partial charge in [0.2, 0.25) is 5.89 Å². The van der Waals surface area contributed by atoms with Gasteiger partial charge in [-0.1, -0.05) is 109 Å². The molecule has 10 rings (SSSR count). The summed E-state index contributed by atoms with van der Waals surface area (Å²) >= 11 is 0. The van der Waals surface area contributed by atoms with Crippen LogP contribution in [0.25, 0.3) is 77.2 Å². The van der Waals surface area contributed by atoms with Crippen molar-refractivity contribution < 1.29 is 8.83 Å². The molecule has 0 aliphatic carbocycles. The number of aromatic nitrogens is 1. The van der Waals surface area contributed by atoms with Crippen LogP contribution in [0.3, 0.4) is 0 Å². The lowest BCUT2D eigenvalue weighted by atomic mass is 10.0. The molecule has 0 amide bonds. The number of para-hydroxylation sites is 3. The van der Waals surface area contributed by atoms with Gasteiger partial charge in [0.1, 0.15) is 16.7 Å². The zero-order chi connectivity index (χ0) is 32.3. The molecule has 0 saturated carbocycles. The van der Waals surface area contributed by atoms with Gasteiger partial charge in [0.15, 0.2) is 5.58 Å². The first kappa shape index (κ1) is 27.5. The van der Waals surface area contributed by atoms with Crippen LogP contribution in [0.1, 0.15) is 0 Å². The van der Waals surface area contributed by atoms with E-state index in [1.165, 1.54) is 10.8 Å². The van der Waals surface area contributed by atoms with E-state index in [0.29, 0.717) is 5.89 Å². The second-order valence-corrected chi connectivity index (χ2v) is 12.4. The minimum absolute atomic E-state index is 0.609. The first-order valence-corrected chi connectivity index (χ1v) is 16.5. The van der Waals surface area contributed by atoms with Gasteiger partial charge < -0.3 is 13.7 Å². The minimum Gasteiger partial charge on any atom is -0.455 e. The normalized spacial score (nSPS) is 11.7. The Morgan fingerprint density at radius 2 is 1.04 bits per heavy atom. The van der Waals surface area contributed by atoms with Gasteiger partial charge in [-0.3, -0.25) is 0 Å². The van der Waals surface area contributed by atoms with E-state index in [9.17, 15) is 0 Å². The molecule has 2 heterocycles. The number of furan rings is 1. The maximum Gasteiger partial charge on any atom is 0.227 e. The van der Waals surface area contributed by atoms with Crippen molar-refractivity contribution in [2.24, 2.45) is 0 Å². The Morgan fingerprint density at radius 1 is 0.408 bits per heavy atom. The quantitative estimate of drug-likeness (QED) is 0.178. The third kappa shape index (κ3) is 4.49. The van der Waals surface area contributed by atoms with Gasteiger partial charge in [0, 0.05) is 44.3 Å². The fourth-order valence-electron chi connectivity index (χ4n) is 7.14. The topological polar surface area (TPSA) is 42.4 Å². The molecule has 4 heteroatoms. The van der Waals surface area contributed by atoms with Gasteiger partial charge in [-0.25, -0.2) is 4.98 Å². The smallest absolute Gasteiger partial charge is 0.227 e. The summed E-state index contributed by atoms with van der Waals surface area (Å²) in [6.45, 7) is 0. The van der Waals surface area contributed by atoms with Crippen molar-refractivity contribution in [3.05, 3.63) is 170 Å². The van der Waals surface area contributed by atoms with Gasteiger partial charge in [0.05, 0.1) is 0 Å². The van der Waals surface area contributed by atoms with Crippen molar-refractivity contribution in [2.45, 2.75) is 0 Å². The average Bonchev–Trinajstić information content (AvgIpc) is 3.78. The van der Waals surface area contributed by atoms with E-state index >= 15 is 0 Å². The van der Waals surface area contributed by atoms with Gasteiger partial charge in [-0.2, -0.15) is 0 Å². The van der Waals surface area contributed by atoms with E-state index in [1.54, 1.807) is 0 Å². The number of benzene rings is 8. The van der Waals surface area contributed by atoms with E-state index in [4.69, 9.17) is 13.8 Å². The lowest BCUT2D eigenvalue weighted by Crippen LogP contribution is -2.09. The maximum atomic E-state index is 6.52. The lowest BCUT2D eigenvalue weighted by Gasteiger charge is -2.25. The highest BCUT2D eigenvalue weighted by atomic mass is 16.3. The Labute approximate surface area is 282 Å². The molecule has 0 radical (unpaired) electrons. The molecule has 8 aromatic carbocycles. The molecule has 10 aromatic rings. The predicted octanol–water partition coefficient (Wildman–Crippen LogP) is 12.8. The largest absolute Gasteiger partial charge is 0.455 e. The Balaban J connectivity index is 1.03. The molecule has 0 atom stereocenters. The number of anilines is 3. The van der Waals surface area contributed by atoms with Crippen molar-refractivity contribution in [3.8, 4) is 22.6 Å². The zero-order valence-corrected chi connectivity index (χ0v) is 26.4. The second kappa shape index (κ2) is 11.0. The summed E-state index contributed by atoms with van der Waals surface area (Å²) in [4.78, 5) is 7.18. The van der Waals surface area contributed by atoms with E-state index in [1.807, 2.05) is 24.3 Å². The molecule has 0 unspecified atom stereocenters. The Kier molecular flexibility index (Phi) is 6.15. The SMILES string of the molecule is c1ccc(N(c2ccc(-c3nc4ccc5ccc6ccccc6c5c4o3)cc2)c2ccc(-c3cccc4c3oc3ccccc34)cc2)cc1. The number of rotatable bonds is 5. The molecule has 0 bridgehead atoms. The third-order valence-electron chi connectivity index (χ3n) is 9.49. The Morgan fingerprint density at radius 3 is 1.86 bits per heavy atom. The lowest BCUT2D eigenvalue weighted by molar-refractivity contribution is 0.623. The van der Waals surface area contributed by atoms with Crippen LogP contribution in [0, 0.1) is 0 Å². The molecular weight excluding hydrogens is 601 g/mol. The molecule has 0 fully saturated rings. The summed E-state index contributed by atoms with van der Waals surface area (Å²) in [5.41, 5.74) is 9.76. The molecule has 0 N–H and O–H groups in total. The second-order valence-electron chi connectivity index (χ2n) is 12.4. The minimum atomic E-state index is 0.609. The van der Waals surface area contributed by atoms with Crippen molar-refractivity contribution >= 4 is 71.6 Å². The molecule has 49 heavy (non-hydrogen) atoms. The summed E-state index contributed by atoms with van der Waals surface area (Å²) in [5, 5.41) is 6.86. The van der Waals surface area contributed by atoms with E-state index < -0.39 is 0 Å². The summed E-state index contributed by atoms with van der Waals surface area (Å²) in [6, 6.07) is 59.1. The zero-order valence-electron chi connectivity index (χ0n) is 26.4. The van der Waals surface area contributed by atoms with Crippen LogP contribution >= 0.6 is 0 Å². The molecular formula is C45H28N2O2. The Bertz CT molecular complexity index is 2810. The van der Waals surface area contributed by atoms with Gasteiger partial charge in [0.25, 0.3) is 0 Å². The van der Waals surface area contributed by atoms with Crippen LogP contribution in [0.4, 0.5) is 17.1 Å². The highest BCUT2D eigenvalue weighted by molar-refractivity contribution is 6.18. The first-order valence-electron chi connectivity index (χ1n) is 16.5. The molecule has 2 aromatic heterocycles. The van der Waals surface area contributed by atoms with Gasteiger partial charge in [-0.15, -0.1) is 0 Å². The van der Waals surface area contributed by atoms with E-state index in [-0.39, 0.29) is 0 Å². The van der Waals surface area contributed by atoms with Crippen molar-refractivity contribution in [1.29, 1.82) is 0 Å². The number of fused-ring (bicyclic) bond motifs is 8. The number of oxazole rings is 1. The molecule has 0 aliphatic rings. The van der Waals surface area contributed by atoms with Crippen molar-refractivity contribution in [3.63, 3.8) is 0 Å². The Hall–Kier alpha value is -6.65. The van der Waals surface area contributed by atoms with Crippen LogP contribution in [-0.2, 0) is 0 Å². The van der Waals surface area contributed by atoms with E-state index in [0.717, 1.165) is 77.6 Å². The summed E-state index contributed by atoms with van der Waals surface area (Å²) in [6.07, 6.45) is 0. The summed E-state index contributed by atoms with van der Waals surface area (Å²) in [7, 11) is 0. The molecule has 230 valence electrons. The monoisotopic (exact) mass is 628 g/mol. The van der Waals surface area contributed by atoms with Crippen LogP contribution in [0.2, 0.25) is 0 Å². The summed E-state index contributed by atoms with van der Waals surface area (Å²) in [5.74, 6) is 0.609. The van der Waals surface area contributed by atoms with Crippen LogP contribution < -0.4 is 4.90 Å². The fourth-order valence-corrected chi connectivity index (χ4v) is 7.14. The van der Waals surface area contributed by atoms with Crippen LogP contribution in [0.15, 0.2) is 179 Å². The van der Waals surface area contributed by atoms with Crippen LogP contribution in [-0.4, -0.2) is 4.98 Å². The number of hydrogen-bond acceptors (Lipinski definition) is 4. The van der Waals surface area contributed by atoms with Gasteiger partial charge >= 0.3 is 0 Å². The summed E-state index contributed by atoms with van der Waals surface area (Å²) < 4.78 is 12.9. The molecule has 0 aliphatic heterocycles. The van der Waals surface area contributed by atoms with Gasteiger partial charge in [-0.05, 0) is 82.4 Å².